The van der Waals surface area contributed by atoms with E-state index in [-0.39, 0.29) is 12.0 Å². The van der Waals surface area contributed by atoms with Gasteiger partial charge in [-0.15, -0.1) is 4.98 Å². The minimum absolute atomic E-state index is 0.323. The van der Waals surface area contributed by atoms with E-state index in [9.17, 15) is 26.7 Å². The van der Waals surface area contributed by atoms with Gasteiger partial charge in [0.1, 0.15) is 11.5 Å². The average molecular weight is 391 g/mol. The van der Waals surface area contributed by atoms with Crippen molar-refractivity contribution in [3.8, 4) is 12.0 Å². The molecule has 1 heterocycles. The molecule has 0 spiro atoms. The third-order valence-electron chi connectivity index (χ3n) is 2.95. The minimum Gasteiger partial charge on any atom is -0.755 e. The standard InChI is InChI=1S/C13H11F3N4O5S/c1-24-12-17-10(18-13(19-12)25-2)9(21)6-4-3-5-7(14)8(6)20(11(15)16)26(22)23/h3-5,11H,1-2H3,(H,22,23)/p-1. The molecule has 0 N–H and O–H groups in total. The second-order valence-corrected chi connectivity index (χ2v) is 5.25. The molecule has 0 saturated carbocycles. The second kappa shape index (κ2) is 8.05. The number of alkyl halides is 2. The van der Waals surface area contributed by atoms with Gasteiger partial charge in [-0.3, -0.25) is 9.00 Å². The lowest BCUT2D eigenvalue weighted by atomic mass is 10.1. The molecule has 1 unspecified atom stereocenters. The number of para-hydroxylation sites is 1. The van der Waals surface area contributed by atoms with Gasteiger partial charge < -0.3 is 14.0 Å². The van der Waals surface area contributed by atoms with Gasteiger partial charge in [0.05, 0.1) is 31.0 Å². The third-order valence-corrected chi connectivity index (χ3v) is 3.62. The van der Waals surface area contributed by atoms with E-state index in [0.717, 1.165) is 18.2 Å². The Balaban J connectivity index is 2.64. The van der Waals surface area contributed by atoms with Crippen LogP contribution in [0.25, 0.3) is 0 Å². The number of benzene rings is 1. The highest BCUT2D eigenvalue weighted by Crippen LogP contribution is 2.30. The van der Waals surface area contributed by atoms with Crippen molar-refractivity contribution in [1.82, 2.24) is 15.0 Å². The van der Waals surface area contributed by atoms with Gasteiger partial charge in [0, 0.05) is 0 Å². The van der Waals surface area contributed by atoms with Crippen LogP contribution in [-0.4, -0.2) is 50.3 Å². The van der Waals surface area contributed by atoms with E-state index < -0.39 is 50.8 Å². The quantitative estimate of drug-likeness (QED) is 0.391. The Morgan fingerprint density at radius 1 is 1.19 bits per heavy atom. The topological polar surface area (TPSA) is 118 Å². The molecule has 2 rings (SSSR count). The van der Waals surface area contributed by atoms with Crippen molar-refractivity contribution in [2.75, 3.05) is 18.5 Å². The SMILES string of the molecule is COc1nc(OC)nc(C(=O)c2cccc(F)c2N(C(F)F)S(=O)[O-])n1. The molecule has 0 saturated heterocycles. The van der Waals surface area contributed by atoms with Crippen molar-refractivity contribution in [3.63, 3.8) is 0 Å². The molecule has 1 aromatic carbocycles. The van der Waals surface area contributed by atoms with Crippen LogP contribution in [-0.2, 0) is 11.3 Å². The molecule has 1 aromatic heterocycles. The van der Waals surface area contributed by atoms with Crippen LogP contribution in [0.4, 0.5) is 18.9 Å². The van der Waals surface area contributed by atoms with Gasteiger partial charge >= 0.3 is 18.6 Å². The van der Waals surface area contributed by atoms with Gasteiger partial charge in [-0.25, -0.2) is 8.70 Å². The van der Waals surface area contributed by atoms with E-state index in [1.807, 2.05) is 0 Å². The Morgan fingerprint density at radius 3 is 2.23 bits per heavy atom. The van der Waals surface area contributed by atoms with Gasteiger partial charge in [0.15, 0.2) is 0 Å². The number of halogens is 3. The Bertz CT molecular complexity index is 832. The van der Waals surface area contributed by atoms with Crippen molar-refractivity contribution in [3.05, 3.63) is 35.4 Å². The number of anilines is 1. The highest BCUT2D eigenvalue weighted by molar-refractivity contribution is 7.80. The Hall–Kier alpha value is -2.80. The number of nitrogens with zero attached hydrogens (tertiary/aromatic N) is 4. The third kappa shape index (κ3) is 3.88. The van der Waals surface area contributed by atoms with Crippen molar-refractivity contribution in [2.24, 2.45) is 0 Å². The Labute approximate surface area is 147 Å². The van der Waals surface area contributed by atoms with Crippen LogP contribution in [0.5, 0.6) is 12.0 Å². The normalized spacial score (nSPS) is 12.0. The lowest BCUT2D eigenvalue weighted by Gasteiger charge is -2.27. The van der Waals surface area contributed by atoms with Crippen molar-refractivity contribution >= 4 is 22.7 Å². The van der Waals surface area contributed by atoms with E-state index >= 15 is 0 Å². The number of ketones is 1. The van der Waals surface area contributed by atoms with Crippen LogP contribution < -0.4 is 13.8 Å². The first-order valence-corrected chi connectivity index (χ1v) is 7.67. The molecule has 140 valence electrons. The predicted molar refractivity (Wildman–Crippen MR) is 80.2 cm³/mol. The van der Waals surface area contributed by atoms with Gasteiger partial charge in [-0.05, 0) is 12.1 Å². The van der Waals surface area contributed by atoms with Gasteiger partial charge in [-0.1, -0.05) is 6.07 Å². The molecule has 26 heavy (non-hydrogen) atoms. The first-order chi connectivity index (χ1) is 12.3. The van der Waals surface area contributed by atoms with E-state index in [4.69, 9.17) is 9.47 Å². The molecular weight excluding hydrogens is 381 g/mol. The summed E-state index contributed by atoms with van der Waals surface area (Å²) in [5, 5.41) is 0. The van der Waals surface area contributed by atoms with E-state index in [0.29, 0.717) is 0 Å². The number of carbonyl (C=O) groups is 1. The molecule has 0 bridgehead atoms. The molecule has 9 nitrogen and oxygen atoms in total. The van der Waals surface area contributed by atoms with Crippen LogP contribution in [0.15, 0.2) is 18.2 Å². The van der Waals surface area contributed by atoms with Crippen LogP contribution >= 0.6 is 0 Å². The largest absolute Gasteiger partial charge is 0.755 e. The molecule has 13 heteroatoms. The van der Waals surface area contributed by atoms with Crippen LogP contribution in [0.3, 0.4) is 0 Å². The second-order valence-electron chi connectivity index (χ2n) is 4.42. The number of methoxy groups -OCH3 is 2. The number of ether oxygens (including phenoxy) is 2. The summed E-state index contributed by atoms with van der Waals surface area (Å²) >= 11 is -3.55. The van der Waals surface area contributed by atoms with Crippen molar-refractivity contribution in [2.45, 2.75) is 6.55 Å². The molecule has 2 aromatic rings. The summed E-state index contributed by atoms with van der Waals surface area (Å²) in [4.78, 5) is 23.5. The van der Waals surface area contributed by atoms with Crippen molar-refractivity contribution < 1.29 is 36.2 Å². The maximum Gasteiger partial charge on any atom is 0.325 e. The summed E-state index contributed by atoms with van der Waals surface area (Å²) in [6.45, 7) is -3.63. The lowest BCUT2D eigenvalue weighted by Crippen LogP contribution is -2.33. The predicted octanol–water partition coefficient (Wildman–Crippen LogP) is 1.08. The Morgan fingerprint density at radius 2 is 1.77 bits per heavy atom. The maximum absolute atomic E-state index is 14.1. The van der Waals surface area contributed by atoms with Gasteiger partial charge in [0.25, 0.3) is 0 Å². The first-order valence-electron chi connectivity index (χ1n) is 6.64. The highest BCUT2D eigenvalue weighted by atomic mass is 32.2. The van der Waals surface area contributed by atoms with E-state index in [1.165, 1.54) is 14.2 Å². The summed E-state index contributed by atoms with van der Waals surface area (Å²) in [7, 11) is 2.38. The smallest absolute Gasteiger partial charge is 0.325 e. The molecule has 1 atom stereocenters. The molecule has 0 radical (unpaired) electrons. The molecular formula is C13H10F3N4O5S-. The molecule has 0 aliphatic rings. The van der Waals surface area contributed by atoms with E-state index in [1.54, 1.807) is 0 Å². The Kier molecular flexibility index (Phi) is 6.05. The molecule has 0 aliphatic carbocycles. The number of rotatable bonds is 7. The minimum atomic E-state index is -3.63. The summed E-state index contributed by atoms with van der Waals surface area (Å²) in [6.07, 6.45) is 0. The fraction of sp³-hybridized carbons (Fsp3) is 0.231. The fourth-order valence-electron chi connectivity index (χ4n) is 1.90. The van der Waals surface area contributed by atoms with Gasteiger partial charge in [-0.2, -0.15) is 18.7 Å². The molecule has 0 fully saturated rings. The van der Waals surface area contributed by atoms with Crippen molar-refractivity contribution in [1.29, 1.82) is 0 Å². The zero-order valence-corrected chi connectivity index (χ0v) is 14.0. The monoisotopic (exact) mass is 391 g/mol. The van der Waals surface area contributed by atoms with Crippen LogP contribution in [0.2, 0.25) is 0 Å². The summed E-state index contributed by atoms with van der Waals surface area (Å²) in [5.74, 6) is -3.12. The van der Waals surface area contributed by atoms with Crippen LogP contribution in [0.1, 0.15) is 16.2 Å². The number of carbonyl (C=O) groups excluding carboxylic acids is 1. The summed E-state index contributed by atoms with van der Waals surface area (Å²) in [5.41, 5.74) is -1.84. The fourth-order valence-corrected chi connectivity index (χ4v) is 2.37. The molecule has 0 aliphatic heterocycles. The first kappa shape index (κ1) is 19.5. The lowest BCUT2D eigenvalue weighted by molar-refractivity contribution is 0.102. The number of hydrogen-bond donors (Lipinski definition) is 0. The zero-order chi connectivity index (χ0) is 19.4. The van der Waals surface area contributed by atoms with Crippen LogP contribution in [0, 0.1) is 5.82 Å². The average Bonchev–Trinajstić information content (AvgIpc) is 2.61. The number of aromatic nitrogens is 3. The molecule has 0 amide bonds. The van der Waals surface area contributed by atoms with E-state index in [2.05, 4.69) is 15.0 Å². The zero-order valence-electron chi connectivity index (χ0n) is 13.2. The van der Waals surface area contributed by atoms with Gasteiger partial charge in [0.2, 0.25) is 11.6 Å². The maximum atomic E-state index is 14.1. The summed E-state index contributed by atoms with van der Waals surface area (Å²) < 4.78 is 71.4. The summed E-state index contributed by atoms with van der Waals surface area (Å²) in [6, 6.07) is 2.07. The highest BCUT2D eigenvalue weighted by Gasteiger charge is 2.29. The number of hydrogen-bond acceptors (Lipinski definition) is 8.